The quantitative estimate of drug-likeness (QED) is 0.707. The summed E-state index contributed by atoms with van der Waals surface area (Å²) in [7, 11) is -2.56. The van der Waals surface area contributed by atoms with Crippen LogP contribution in [0.1, 0.15) is 23.0 Å². The minimum absolute atomic E-state index is 0.141. The minimum Gasteiger partial charge on any atom is -0.377 e. The van der Waals surface area contributed by atoms with Crippen LogP contribution in [0.3, 0.4) is 0 Å². The van der Waals surface area contributed by atoms with Gasteiger partial charge in [-0.2, -0.15) is 13.2 Å². The van der Waals surface area contributed by atoms with E-state index < -0.39 is 44.7 Å². The number of halogens is 4. The highest BCUT2D eigenvalue weighted by molar-refractivity contribution is 7.89. The van der Waals surface area contributed by atoms with E-state index >= 15 is 0 Å². The van der Waals surface area contributed by atoms with E-state index in [0.29, 0.717) is 12.1 Å². The van der Waals surface area contributed by atoms with Crippen molar-refractivity contribution in [2.24, 2.45) is 7.05 Å². The van der Waals surface area contributed by atoms with E-state index in [0.717, 1.165) is 12.1 Å². The van der Waals surface area contributed by atoms with E-state index in [1.54, 1.807) is 6.92 Å². The first-order valence-electron chi connectivity index (χ1n) is 8.26. The molecule has 1 aliphatic heterocycles. The maximum atomic E-state index is 13.5. The fourth-order valence-corrected chi connectivity index (χ4v) is 4.23. The number of nitrogens with one attached hydrogen (secondary N) is 2. The lowest BCUT2D eigenvalue weighted by atomic mass is 10.0. The van der Waals surface area contributed by atoms with Crippen molar-refractivity contribution in [2.45, 2.75) is 23.5 Å². The van der Waals surface area contributed by atoms with Gasteiger partial charge in [-0.1, -0.05) is 0 Å². The molecule has 0 unspecified atom stereocenters. The molecule has 7 nitrogen and oxygen atoms in total. The third-order valence-corrected chi connectivity index (χ3v) is 5.83. The van der Waals surface area contributed by atoms with Gasteiger partial charge in [0.25, 0.3) is 5.91 Å². The van der Waals surface area contributed by atoms with Crippen molar-refractivity contribution in [1.29, 1.82) is 0 Å². The van der Waals surface area contributed by atoms with Gasteiger partial charge in [0.1, 0.15) is 16.4 Å². The number of ether oxygens (including phenoxy) is 1. The SMILES string of the molecule is Cn1cc(S(=O)(=O)NC2(C)COC2)cc1C(=O)Nc1cc(F)cc(C(F)(F)F)c1. The number of rotatable bonds is 5. The number of hydrogen-bond donors (Lipinski definition) is 2. The first-order chi connectivity index (χ1) is 13.3. The number of aryl methyl sites for hydroxylation is 1. The molecule has 0 spiro atoms. The summed E-state index contributed by atoms with van der Waals surface area (Å²) in [5.74, 6) is -2.07. The van der Waals surface area contributed by atoms with Crippen LogP contribution in [-0.2, 0) is 28.0 Å². The highest BCUT2D eigenvalue weighted by Crippen LogP contribution is 2.32. The molecule has 29 heavy (non-hydrogen) atoms. The van der Waals surface area contributed by atoms with Gasteiger partial charge in [-0.05, 0) is 31.2 Å². The molecule has 1 aromatic heterocycles. The van der Waals surface area contributed by atoms with E-state index in [1.165, 1.54) is 17.8 Å². The number of benzene rings is 1. The molecular weight excluding hydrogens is 418 g/mol. The van der Waals surface area contributed by atoms with Crippen molar-refractivity contribution >= 4 is 21.6 Å². The maximum absolute atomic E-state index is 13.5. The van der Waals surface area contributed by atoms with E-state index in [4.69, 9.17) is 4.74 Å². The molecule has 1 aromatic carbocycles. The Hall–Kier alpha value is -2.44. The monoisotopic (exact) mass is 435 g/mol. The summed E-state index contributed by atoms with van der Waals surface area (Å²) in [6.45, 7) is 2.06. The second-order valence-corrected chi connectivity index (χ2v) is 8.69. The number of hydrogen-bond acceptors (Lipinski definition) is 4. The average Bonchev–Trinajstić information content (AvgIpc) is 2.94. The standard InChI is InChI=1S/C17H17F4N3O4S/c1-16(8-28-9-16)23-29(26,27)13-6-14(24(2)7-13)15(25)22-12-4-10(17(19,20)21)3-11(18)5-12/h3-7,23H,8-9H2,1-2H3,(H,22,25). The third kappa shape index (κ3) is 4.60. The smallest absolute Gasteiger partial charge is 0.377 e. The van der Waals surface area contributed by atoms with Crippen molar-refractivity contribution in [3.63, 3.8) is 0 Å². The fraction of sp³-hybridized carbons (Fsp3) is 0.353. The van der Waals surface area contributed by atoms with Crippen LogP contribution in [0.5, 0.6) is 0 Å². The molecule has 0 radical (unpaired) electrons. The molecule has 0 atom stereocenters. The van der Waals surface area contributed by atoms with Gasteiger partial charge in [0, 0.05) is 18.9 Å². The molecule has 1 aliphatic rings. The summed E-state index contributed by atoms with van der Waals surface area (Å²) < 4.78 is 85.6. The van der Waals surface area contributed by atoms with Gasteiger partial charge in [0.15, 0.2) is 0 Å². The van der Waals surface area contributed by atoms with Crippen LogP contribution in [0.4, 0.5) is 23.2 Å². The van der Waals surface area contributed by atoms with Gasteiger partial charge in [0.2, 0.25) is 10.0 Å². The summed E-state index contributed by atoms with van der Waals surface area (Å²) in [6.07, 6.45) is -3.60. The highest BCUT2D eigenvalue weighted by Gasteiger charge is 2.38. The number of carbonyl (C=O) groups is 1. The fourth-order valence-electron chi connectivity index (χ4n) is 2.78. The Balaban J connectivity index is 1.83. The Morgan fingerprint density at radius 2 is 1.86 bits per heavy atom. The Labute approximate surface area is 163 Å². The van der Waals surface area contributed by atoms with E-state index in [2.05, 4.69) is 10.0 Å². The first-order valence-corrected chi connectivity index (χ1v) is 9.75. The number of anilines is 1. The highest BCUT2D eigenvalue weighted by atomic mass is 32.2. The largest absolute Gasteiger partial charge is 0.416 e. The molecule has 2 aromatic rings. The number of sulfonamides is 1. The Kier molecular flexibility index (Phi) is 5.22. The second kappa shape index (κ2) is 7.11. The lowest BCUT2D eigenvalue weighted by Crippen LogP contribution is -2.59. The lowest BCUT2D eigenvalue weighted by molar-refractivity contribution is -0.137. The van der Waals surface area contributed by atoms with Crippen LogP contribution in [0, 0.1) is 5.82 Å². The number of nitrogens with zero attached hydrogens (tertiary/aromatic N) is 1. The molecule has 3 rings (SSSR count). The van der Waals surface area contributed by atoms with Crippen LogP contribution >= 0.6 is 0 Å². The van der Waals surface area contributed by atoms with E-state index in [-0.39, 0.29) is 23.8 Å². The van der Waals surface area contributed by atoms with Crippen LogP contribution in [0.15, 0.2) is 35.4 Å². The number of aromatic nitrogens is 1. The Bertz CT molecular complexity index is 1060. The molecule has 2 N–H and O–H groups in total. The number of alkyl halides is 3. The summed E-state index contributed by atoms with van der Waals surface area (Å²) >= 11 is 0. The zero-order chi connectivity index (χ0) is 21.6. The number of carbonyl (C=O) groups excluding carboxylic acids is 1. The third-order valence-electron chi connectivity index (χ3n) is 4.23. The van der Waals surface area contributed by atoms with E-state index in [1.807, 2.05) is 0 Å². The van der Waals surface area contributed by atoms with Gasteiger partial charge in [-0.25, -0.2) is 17.5 Å². The molecule has 0 bridgehead atoms. The molecule has 0 aliphatic carbocycles. The number of amides is 1. The summed E-state index contributed by atoms with van der Waals surface area (Å²) in [5.41, 5.74) is -2.57. The second-order valence-electron chi connectivity index (χ2n) is 7.01. The maximum Gasteiger partial charge on any atom is 0.416 e. The Morgan fingerprint density at radius 1 is 1.21 bits per heavy atom. The van der Waals surface area contributed by atoms with E-state index in [9.17, 15) is 30.8 Å². The van der Waals surface area contributed by atoms with Gasteiger partial charge < -0.3 is 14.6 Å². The van der Waals surface area contributed by atoms with Crippen molar-refractivity contribution in [3.8, 4) is 0 Å². The van der Waals surface area contributed by atoms with Crippen molar-refractivity contribution in [2.75, 3.05) is 18.5 Å². The predicted molar refractivity (Wildman–Crippen MR) is 94.3 cm³/mol. The molecule has 1 amide bonds. The van der Waals surface area contributed by atoms with Gasteiger partial charge >= 0.3 is 6.18 Å². The first kappa shape index (κ1) is 21.3. The lowest BCUT2D eigenvalue weighted by Gasteiger charge is -2.38. The molecule has 2 heterocycles. The summed E-state index contributed by atoms with van der Waals surface area (Å²) in [5, 5.41) is 2.15. The van der Waals surface area contributed by atoms with Gasteiger partial charge in [0.05, 0.1) is 24.3 Å². The normalized spacial score (nSPS) is 16.3. The summed E-state index contributed by atoms with van der Waals surface area (Å²) in [4.78, 5) is 12.2. The molecule has 1 saturated heterocycles. The molecular formula is C17H17F4N3O4S. The minimum atomic E-state index is -4.79. The topological polar surface area (TPSA) is 89.4 Å². The van der Waals surface area contributed by atoms with Crippen LogP contribution in [0.25, 0.3) is 0 Å². The summed E-state index contributed by atoms with van der Waals surface area (Å²) in [6, 6.07) is 2.69. The van der Waals surface area contributed by atoms with Gasteiger partial charge in [-0.3, -0.25) is 4.79 Å². The van der Waals surface area contributed by atoms with Crippen LogP contribution in [-0.4, -0.2) is 37.6 Å². The van der Waals surface area contributed by atoms with Crippen molar-refractivity contribution in [1.82, 2.24) is 9.29 Å². The van der Waals surface area contributed by atoms with Gasteiger partial charge in [-0.15, -0.1) is 0 Å². The van der Waals surface area contributed by atoms with Crippen LogP contribution < -0.4 is 10.0 Å². The molecule has 0 saturated carbocycles. The molecule has 12 heteroatoms. The molecule has 1 fully saturated rings. The average molecular weight is 435 g/mol. The Morgan fingerprint density at radius 3 is 2.41 bits per heavy atom. The van der Waals surface area contributed by atoms with Crippen molar-refractivity contribution < 1.29 is 35.5 Å². The van der Waals surface area contributed by atoms with Crippen LogP contribution in [0.2, 0.25) is 0 Å². The van der Waals surface area contributed by atoms with Crippen molar-refractivity contribution in [3.05, 3.63) is 47.5 Å². The zero-order valence-corrected chi connectivity index (χ0v) is 16.1. The molecule has 158 valence electrons. The predicted octanol–water partition coefficient (Wildman–Crippen LogP) is 2.50. The zero-order valence-electron chi connectivity index (χ0n) is 15.3.